The van der Waals surface area contributed by atoms with Gasteiger partial charge < -0.3 is 20.8 Å². The molecule has 104 valence electrons. The summed E-state index contributed by atoms with van der Waals surface area (Å²) in [4.78, 5) is 33.0. The Hall–Kier alpha value is -1.63. The molecule has 4 N–H and O–H groups in total. The van der Waals surface area contributed by atoms with E-state index in [0.29, 0.717) is 6.54 Å². The lowest BCUT2D eigenvalue weighted by Crippen LogP contribution is -2.46. The molecule has 0 fully saturated rings. The van der Waals surface area contributed by atoms with Crippen LogP contribution in [0.1, 0.15) is 33.1 Å². The predicted molar refractivity (Wildman–Crippen MR) is 63.8 cm³/mol. The quantitative estimate of drug-likeness (QED) is 0.458. The van der Waals surface area contributed by atoms with Gasteiger partial charge in [-0.3, -0.25) is 9.59 Å². The molecule has 1 atom stereocenters. The molecule has 0 aliphatic heterocycles. The molecular formula is C11H20N2O5. The van der Waals surface area contributed by atoms with E-state index in [9.17, 15) is 19.5 Å². The summed E-state index contributed by atoms with van der Waals surface area (Å²) < 4.78 is 0. The Morgan fingerprint density at radius 3 is 2.06 bits per heavy atom. The number of carbonyl (C=O) groups is 3. The van der Waals surface area contributed by atoms with Gasteiger partial charge in [-0.25, -0.2) is 4.79 Å². The van der Waals surface area contributed by atoms with Gasteiger partial charge in [0.05, 0.1) is 6.54 Å². The molecule has 0 saturated carbocycles. The minimum Gasteiger partial charge on any atom is -0.479 e. The highest BCUT2D eigenvalue weighted by atomic mass is 16.4. The van der Waals surface area contributed by atoms with E-state index in [1.807, 2.05) is 6.92 Å². The lowest BCUT2D eigenvalue weighted by atomic mass is 10.1. The van der Waals surface area contributed by atoms with Gasteiger partial charge >= 0.3 is 5.97 Å². The molecule has 0 spiro atoms. The molecule has 0 aliphatic rings. The molecule has 1 unspecified atom stereocenters. The second-order valence-corrected chi connectivity index (χ2v) is 4.21. The molecule has 0 saturated heterocycles. The van der Waals surface area contributed by atoms with Gasteiger partial charge in [-0.1, -0.05) is 6.92 Å². The Morgan fingerprint density at radius 2 is 1.61 bits per heavy atom. The van der Waals surface area contributed by atoms with Crippen molar-refractivity contribution in [1.82, 2.24) is 10.6 Å². The maximum absolute atomic E-state index is 11.3. The fourth-order valence-corrected chi connectivity index (χ4v) is 1.01. The summed E-state index contributed by atoms with van der Waals surface area (Å²) in [7, 11) is 0. The molecule has 2 amide bonds. The molecule has 0 rings (SSSR count). The van der Waals surface area contributed by atoms with Crippen molar-refractivity contribution in [3.8, 4) is 0 Å². The third kappa shape index (κ3) is 6.85. The third-order valence-corrected chi connectivity index (χ3v) is 2.24. The average molecular weight is 260 g/mol. The van der Waals surface area contributed by atoms with Crippen LogP contribution in [-0.4, -0.2) is 46.7 Å². The Labute approximate surface area is 106 Å². The van der Waals surface area contributed by atoms with Gasteiger partial charge in [0.1, 0.15) is 0 Å². The van der Waals surface area contributed by atoms with Crippen molar-refractivity contribution < 1.29 is 24.6 Å². The Kier molecular flexibility index (Phi) is 6.96. The Morgan fingerprint density at radius 1 is 1.11 bits per heavy atom. The van der Waals surface area contributed by atoms with E-state index in [1.54, 1.807) is 0 Å². The van der Waals surface area contributed by atoms with Gasteiger partial charge in [-0.05, 0) is 13.3 Å². The first-order chi connectivity index (χ1) is 8.29. The lowest BCUT2D eigenvalue weighted by molar-refractivity contribution is -0.156. The van der Waals surface area contributed by atoms with Crippen molar-refractivity contribution >= 4 is 17.8 Å². The zero-order valence-electron chi connectivity index (χ0n) is 10.7. The van der Waals surface area contributed by atoms with E-state index in [0.717, 1.165) is 13.3 Å². The smallest absolute Gasteiger partial charge is 0.337 e. The third-order valence-electron chi connectivity index (χ3n) is 2.24. The molecule has 0 radical (unpaired) electrons. The molecule has 0 aromatic heterocycles. The van der Waals surface area contributed by atoms with Crippen molar-refractivity contribution in [2.24, 2.45) is 0 Å². The normalized spacial score (nSPS) is 13.5. The lowest BCUT2D eigenvalue weighted by Gasteiger charge is -2.18. The number of aliphatic carboxylic acids is 1. The molecule has 7 nitrogen and oxygen atoms in total. The van der Waals surface area contributed by atoms with Gasteiger partial charge in [-0.2, -0.15) is 0 Å². The van der Waals surface area contributed by atoms with Crippen molar-refractivity contribution in [2.75, 3.05) is 13.1 Å². The molecular weight excluding hydrogens is 240 g/mol. The van der Waals surface area contributed by atoms with Gasteiger partial charge in [0.25, 0.3) is 0 Å². The zero-order valence-corrected chi connectivity index (χ0v) is 10.7. The molecule has 0 bridgehead atoms. The summed E-state index contributed by atoms with van der Waals surface area (Å²) >= 11 is 0. The van der Waals surface area contributed by atoms with Crippen LogP contribution in [0.3, 0.4) is 0 Å². The second kappa shape index (κ2) is 7.65. The maximum atomic E-state index is 11.3. The first kappa shape index (κ1) is 16.4. The van der Waals surface area contributed by atoms with Crippen LogP contribution in [-0.2, 0) is 14.4 Å². The number of rotatable bonds is 8. The average Bonchev–Trinajstić information content (AvgIpc) is 2.31. The second-order valence-electron chi connectivity index (χ2n) is 4.21. The van der Waals surface area contributed by atoms with E-state index in [4.69, 9.17) is 5.11 Å². The number of carbonyl (C=O) groups excluding carboxylic acids is 2. The maximum Gasteiger partial charge on any atom is 0.337 e. The van der Waals surface area contributed by atoms with E-state index in [1.165, 1.54) is 0 Å². The zero-order chi connectivity index (χ0) is 14.2. The van der Waals surface area contributed by atoms with Crippen LogP contribution in [0.4, 0.5) is 0 Å². The van der Waals surface area contributed by atoms with Gasteiger partial charge in [0.2, 0.25) is 11.8 Å². The molecule has 0 aromatic carbocycles. The highest BCUT2D eigenvalue weighted by molar-refractivity contribution is 5.84. The molecule has 7 heteroatoms. The summed E-state index contributed by atoms with van der Waals surface area (Å²) in [6.07, 6.45) is 0.825. The van der Waals surface area contributed by atoms with Crippen LogP contribution in [0.2, 0.25) is 0 Å². The number of hydrogen-bond donors (Lipinski definition) is 4. The number of hydrogen-bond acceptors (Lipinski definition) is 4. The summed E-state index contributed by atoms with van der Waals surface area (Å²) in [5.74, 6) is -2.11. The minimum absolute atomic E-state index is 0.0365. The first-order valence-corrected chi connectivity index (χ1v) is 5.78. The standard InChI is InChI=1S/C11H20N2O5/c1-3-6-12-8(14)4-5-9(15)13-7-11(2,18)10(16)17/h18H,3-7H2,1-2H3,(H,12,14)(H,13,15)(H,16,17). The molecule has 0 aromatic rings. The van der Waals surface area contributed by atoms with Crippen molar-refractivity contribution in [2.45, 2.75) is 38.7 Å². The number of aliphatic hydroxyl groups is 1. The van der Waals surface area contributed by atoms with E-state index >= 15 is 0 Å². The van der Waals surface area contributed by atoms with Gasteiger partial charge in [0, 0.05) is 19.4 Å². The fraction of sp³-hybridized carbons (Fsp3) is 0.727. The topological polar surface area (TPSA) is 116 Å². The predicted octanol–water partition coefficient (Wildman–Crippen LogP) is -0.755. The summed E-state index contributed by atoms with van der Waals surface area (Å²) in [6, 6.07) is 0. The fourth-order valence-electron chi connectivity index (χ4n) is 1.01. The molecule has 0 heterocycles. The highest BCUT2D eigenvalue weighted by Gasteiger charge is 2.30. The van der Waals surface area contributed by atoms with Crippen LogP contribution < -0.4 is 10.6 Å². The monoisotopic (exact) mass is 260 g/mol. The Bertz CT molecular complexity index is 315. The molecule has 0 aliphatic carbocycles. The van der Waals surface area contributed by atoms with Crippen LogP contribution >= 0.6 is 0 Å². The van der Waals surface area contributed by atoms with Crippen molar-refractivity contribution in [3.63, 3.8) is 0 Å². The molecule has 18 heavy (non-hydrogen) atoms. The van der Waals surface area contributed by atoms with Crippen molar-refractivity contribution in [1.29, 1.82) is 0 Å². The SMILES string of the molecule is CCCNC(=O)CCC(=O)NCC(C)(O)C(=O)O. The van der Waals surface area contributed by atoms with Crippen LogP contribution in [0.5, 0.6) is 0 Å². The van der Waals surface area contributed by atoms with Crippen LogP contribution in [0.15, 0.2) is 0 Å². The van der Waals surface area contributed by atoms with Crippen LogP contribution in [0, 0.1) is 0 Å². The van der Waals surface area contributed by atoms with E-state index in [2.05, 4.69) is 10.6 Å². The number of amides is 2. The Balaban J connectivity index is 3.85. The number of carboxylic acids is 1. The summed E-state index contributed by atoms with van der Waals surface area (Å²) in [5.41, 5.74) is -2.00. The van der Waals surface area contributed by atoms with E-state index < -0.39 is 24.0 Å². The number of nitrogens with one attached hydrogen (secondary N) is 2. The summed E-state index contributed by atoms with van der Waals surface area (Å²) in [6.45, 7) is 3.18. The van der Waals surface area contributed by atoms with E-state index in [-0.39, 0.29) is 18.7 Å². The summed E-state index contributed by atoms with van der Waals surface area (Å²) in [5, 5.41) is 22.8. The highest BCUT2D eigenvalue weighted by Crippen LogP contribution is 2.01. The number of carboxylic acid groups (broad SMARTS) is 1. The van der Waals surface area contributed by atoms with Crippen molar-refractivity contribution in [3.05, 3.63) is 0 Å². The van der Waals surface area contributed by atoms with Gasteiger partial charge in [0.15, 0.2) is 5.60 Å². The minimum atomic E-state index is -2.00. The van der Waals surface area contributed by atoms with Gasteiger partial charge in [-0.15, -0.1) is 0 Å². The largest absolute Gasteiger partial charge is 0.479 e. The van der Waals surface area contributed by atoms with Crippen LogP contribution in [0.25, 0.3) is 0 Å². The first-order valence-electron chi connectivity index (χ1n) is 5.78.